The molecule has 0 saturated carbocycles. The number of sulfonamides is 1. The van der Waals surface area contributed by atoms with Gasteiger partial charge in [0.05, 0.1) is 16.3 Å². The van der Waals surface area contributed by atoms with Crippen molar-refractivity contribution < 1.29 is 13.2 Å². The van der Waals surface area contributed by atoms with Gasteiger partial charge in [0.25, 0.3) is 10.0 Å². The van der Waals surface area contributed by atoms with Crippen molar-refractivity contribution in [3.63, 3.8) is 0 Å². The van der Waals surface area contributed by atoms with Gasteiger partial charge in [0, 0.05) is 11.1 Å². The lowest BCUT2D eigenvalue weighted by Crippen LogP contribution is -2.16. The maximum absolute atomic E-state index is 12.7. The van der Waals surface area contributed by atoms with Crippen LogP contribution in [0.2, 0.25) is 5.02 Å². The first-order chi connectivity index (χ1) is 15.4. The van der Waals surface area contributed by atoms with Crippen LogP contribution in [0, 0.1) is 0 Å². The summed E-state index contributed by atoms with van der Waals surface area (Å²) in [5.74, 6) is -0.416. The molecule has 0 bridgehead atoms. The van der Waals surface area contributed by atoms with Crippen LogP contribution in [0.1, 0.15) is 5.56 Å². The van der Waals surface area contributed by atoms with Crippen LogP contribution in [0.3, 0.4) is 0 Å². The minimum atomic E-state index is -3.82. The van der Waals surface area contributed by atoms with Crippen molar-refractivity contribution in [3.05, 3.63) is 108 Å². The van der Waals surface area contributed by atoms with Gasteiger partial charge in [0.1, 0.15) is 0 Å². The van der Waals surface area contributed by atoms with E-state index >= 15 is 0 Å². The largest absolute Gasteiger partial charge is 0.321 e. The molecule has 0 atom stereocenters. The Bertz CT molecular complexity index is 1420. The molecule has 1 amide bonds. The second-order valence-electron chi connectivity index (χ2n) is 7.04. The number of fused-ring (bicyclic) bond motifs is 1. The Morgan fingerprint density at radius 1 is 0.781 bits per heavy atom. The summed E-state index contributed by atoms with van der Waals surface area (Å²) in [4.78, 5) is 12.6. The monoisotopic (exact) mass is 462 g/mol. The van der Waals surface area contributed by atoms with E-state index in [4.69, 9.17) is 11.6 Å². The Hall–Kier alpha value is -3.61. The second kappa shape index (κ2) is 9.26. The maximum Gasteiger partial charge on any atom is 0.261 e. The summed E-state index contributed by atoms with van der Waals surface area (Å²) in [6.45, 7) is 0. The van der Waals surface area contributed by atoms with Crippen LogP contribution in [-0.4, -0.2) is 14.3 Å². The van der Waals surface area contributed by atoms with Crippen molar-refractivity contribution >= 4 is 55.8 Å². The molecule has 0 aliphatic heterocycles. The van der Waals surface area contributed by atoms with E-state index < -0.39 is 15.9 Å². The van der Waals surface area contributed by atoms with Gasteiger partial charge in [-0.25, -0.2) is 8.42 Å². The number of anilines is 2. The third kappa shape index (κ3) is 5.17. The zero-order chi connectivity index (χ0) is 22.6. The highest BCUT2D eigenvalue weighted by atomic mass is 35.5. The van der Waals surface area contributed by atoms with Crippen molar-refractivity contribution in [1.29, 1.82) is 0 Å². The summed E-state index contributed by atoms with van der Waals surface area (Å²) in [5, 5.41) is 5.24. The van der Waals surface area contributed by atoms with E-state index in [0.29, 0.717) is 5.02 Å². The van der Waals surface area contributed by atoms with E-state index in [-0.39, 0.29) is 16.3 Å². The molecule has 0 radical (unpaired) electrons. The highest BCUT2D eigenvalue weighted by Gasteiger charge is 2.16. The fourth-order valence-corrected chi connectivity index (χ4v) is 4.44. The predicted octanol–water partition coefficient (Wildman–Crippen LogP) is 5.95. The van der Waals surface area contributed by atoms with Crippen LogP contribution in [0.15, 0.2) is 102 Å². The number of halogens is 1. The normalized spacial score (nSPS) is 11.5. The van der Waals surface area contributed by atoms with Gasteiger partial charge >= 0.3 is 0 Å². The first-order valence-electron chi connectivity index (χ1n) is 9.76. The number of hydrogen-bond donors (Lipinski definition) is 2. The molecule has 0 spiro atoms. The third-order valence-electron chi connectivity index (χ3n) is 4.74. The van der Waals surface area contributed by atoms with Crippen molar-refractivity contribution in [2.45, 2.75) is 4.90 Å². The first kappa shape index (κ1) is 21.6. The van der Waals surface area contributed by atoms with Gasteiger partial charge in [-0.3, -0.25) is 9.52 Å². The highest BCUT2D eigenvalue weighted by Crippen LogP contribution is 2.28. The van der Waals surface area contributed by atoms with Crippen LogP contribution in [0.5, 0.6) is 0 Å². The lowest BCUT2D eigenvalue weighted by Gasteiger charge is -2.13. The molecule has 4 aromatic rings. The Morgan fingerprint density at radius 3 is 2.28 bits per heavy atom. The highest BCUT2D eigenvalue weighted by molar-refractivity contribution is 7.92. The maximum atomic E-state index is 12.7. The van der Waals surface area contributed by atoms with Gasteiger partial charge in [0.2, 0.25) is 5.91 Å². The molecule has 7 heteroatoms. The predicted molar refractivity (Wildman–Crippen MR) is 130 cm³/mol. The molecule has 4 rings (SSSR count). The quantitative estimate of drug-likeness (QED) is 0.348. The standard InChI is InChI=1S/C25H19ClN2O3S/c26-21-13-14-23(28-32(30,31)22-8-2-1-3-9-22)24(17-21)27-25(29)15-11-18-10-12-19-6-4-5-7-20(19)16-18/h1-17,28H,(H,27,29)/b15-11+. The Balaban J connectivity index is 1.53. The number of nitrogens with one attached hydrogen (secondary N) is 2. The lowest BCUT2D eigenvalue weighted by molar-refractivity contribution is -0.111. The zero-order valence-corrected chi connectivity index (χ0v) is 18.4. The molecular formula is C25H19ClN2O3S. The molecule has 0 fully saturated rings. The average molecular weight is 463 g/mol. The average Bonchev–Trinajstić information content (AvgIpc) is 2.80. The molecule has 5 nitrogen and oxygen atoms in total. The first-order valence-corrected chi connectivity index (χ1v) is 11.6. The third-order valence-corrected chi connectivity index (χ3v) is 6.35. The number of hydrogen-bond acceptors (Lipinski definition) is 3. The topological polar surface area (TPSA) is 75.3 Å². The van der Waals surface area contributed by atoms with E-state index in [1.54, 1.807) is 30.3 Å². The Kier molecular flexibility index (Phi) is 6.25. The molecule has 0 unspecified atom stereocenters. The number of carbonyl (C=O) groups is 1. The molecule has 0 aliphatic carbocycles. The minimum Gasteiger partial charge on any atom is -0.321 e. The summed E-state index contributed by atoms with van der Waals surface area (Å²) in [7, 11) is -3.82. The number of benzene rings is 4. The van der Waals surface area contributed by atoms with Gasteiger partial charge in [0.15, 0.2) is 0 Å². The van der Waals surface area contributed by atoms with E-state index in [1.165, 1.54) is 30.3 Å². The molecule has 0 heterocycles. The number of amides is 1. The van der Waals surface area contributed by atoms with E-state index in [2.05, 4.69) is 10.0 Å². The van der Waals surface area contributed by atoms with Crippen LogP contribution in [0.25, 0.3) is 16.8 Å². The molecular weight excluding hydrogens is 444 g/mol. The van der Waals surface area contributed by atoms with E-state index in [1.807, 2.05) is 42.5 Å². The summed E-state index contributed by atoms with van der Waals surface area (Å²) < 4.78 is 27.8. The van der Waals surface area contributed by atoms with Gasteiger partial charge in [-0.1, -0.05) is 66.2 Å². The van der Waals surface area contributed by atoms with Crippen LogP contribution in [0.4, 0.5) is 11.4 Å². The Labute approximate surface area is 191 Å². The van der Waals surface area contributed by atoms with Crippen molar-refractivity contribution in [2.75, 3.05) is 10.0 Å². The van der Waals surface area contributed by atoms with Gasteiger partial charge in [-0.2, -0.15) is 0 Å². The van der Waals surface area contributed by atoms with Gasteiger partial charge in [-0.05, 0) is 58.8 Å². The Morgan fingerprint density at radius 2 is 1.50 bits per heavy atom. The molecule has 0 aliphatic rings. The van der Waals surface area contributed by atoms with E-state index in [9.17, 15) is 13.2 Å². The number of rotatable bonds is 6. The number of carbonyl (C=O) groups excluding carboxylic acids is 1. The van der Waals surface area contributed by atoms with Crippen molar-refractivity contribution in [1.82, 2.24) is 0 Å². The van der Waals surface area contributed by atoms with Crippen molar-refractivity contribution in [2.24, 2.45) is 0 Å². The summed E-state index contributed by atoms with van der Waals surface area (Å²) in [6, 6.07) is 26.4. The van der Waals surface area contributed by atoms with Gasteiger partial charge < -0.3 is 5.32 Å². The molecule has 0 saturated heterocycles. The van der Waals surface area contributed by atoms with Crippen LogP contribution < -0.4 is 10.0 Å². The SMILES string of the molecule is O=C(/C=C/c1ccc2ccccc2c1)Nc1cc(Cl)ccc1NS(=O)(=O)c1ccccc1. The molecule has 0 aromatic heterocycles. The lowest BCUT2D eigenvalue weighted by atomic mass is 10.1. The second-order valence-corrected chi connectivity index (χ2v) is 9.16. The minimum absolute atomic E-state index is 0.114. The molecule has 32 heavy (non-hydrogen) atoms. The fourth-order valence-electron chi connectivity index (χ4n) is 3.17. The zero-order valence-electron chi connectivity index (χ0n) is 16.8. The summed E-state index contributed by atoms with van der Waals surface area (Å²) in [5.41, 5.74) is 1.34. The van der Waals surface area contributed by atoms with Gasteiger partial charge in [-0.15, -0.1) is 0 Å². The molecule has 2 N–H and O–H groups in total. The summed E-state index contributed by atoms with van der Waals surface area (Å²) >= 11 is 6.07. The smallest absolute Gasteiger partial charge is 0.261 e. The summed E-state index contributed by atoms with van der Waals surface area (Å²) in [6.07, 6.45) is 3.08. The van der Waals surface area contributed by atoms with Crippen molar-refractivity contribution in [3.8, 4) is 0 Å². The molecule has 160 valence electrons. The van der Waals surface area contributed by atoms with Crippen LogP contribution in [-0.2, 0) is 14.8 Å². The van der Waals surface area contributed by atoms with E-state index in [0.717, 1.165) is 16.3 Å². The van der Waals surface area contributed by atoms with Crippen LogP contribution >= 0.6 is 11.6 Å². The molecule has 4 aromatic carbocycles. The fraction of sp³-hybridized carbons (Fsp3) is 0.